The Morgan fingerprint density at radius 2 is 2.00 bits per heavy atom. The second-order valence-electron chi connectivity index (χ2n) is 4.75. The summed E-state index contributed by atoms with van der Waals surface area (Å²) in [4.78, 5) is 11.5. The number of carbonyl (C=O) groups excluding carboxylic acids is 1. The van der Waals surface area contributed by atoms with Crippen molar-refractivity contribution in [1.29, 1.82) is 0 Å². The summed E-state index contributed by atoms with van der Waals surface area (Å²) in [6.45, 7) is 4.34. The molecule has 0 aromatic rings. The van der Waals surface area contributed by atoms with Crippen molar-refractivity contribution < 1.29 is 9.53 Å². The molecule has 0 aromatic heterocycles. The van der Waals surface area contributed by atoms with Crippen molar-refractivity contribution in [2.24, 2.45) is 5.92 Å². The fourth-order valence-electron chi connectivity index (χ4n) is 2.20. The van der Waals surface area contributed by atoms with Gasteiger partial charge in [-0.3, -0.25) is 4.79 Å². The number of hydrogen-bond donors (Lipinski definition) is 0. The molecule has 1 aliphatic rings. The molecule has 0 amide bonds. The van der Waals surface area contributed by atoms with Gasteiger partial charge in [-0.2, -0.15) is 0 Å². The maximum absolute atomic E-state index is 11.5. The van der Waals surface area contributed by atoms with Crippen molar-refractivity contribution in [2.75, 3.05) is 0 Å². The molecular formula is C13H24O2. The van der Waals surface area contributed by atoms with Crippen LogP contribution in [0.4, 0.5) is 0 Å². The van der Waals surface area contributed by atoms with E-state index in [1.165, 1.54) is 19.3 Å². The highest BCUT2D eigenvalue weighted by atomic mass is 16.5. The van der Waals surface area contributed by atoms with Gasteiger partial charge < -0.3 is 4.74 Å². The van der Waals surface area contributed by atoms with Crippen LogP contribution in [-0.2, 0) is 9.53 Å². The third kappa shape index (κ3) is 4.67. The summed E-state index contributed by atoms with van der Waals surface area (Å²) in [6.07, 6.45) is 8.89. The second kappa shape index (κ2) is 6.86. The smallest absolute Gasteiger partial charge is 0.306 e. The van der Waals surface area contributed by atoms with Crippen LogP contribution >= 0.6 is 0 Å². The summed E-state index contributed by atoms with van der Waals surface area (Å²) < 4.78 is 5.51. The average Bonchev–Trinajstić information content (AvgIpc) is 2.22. The predicted octanol–water partition coefficient (Wildman–Crippen LogP) is 3.69. The zero-order chi connectivity index (χ0) is 11.1. The highest BCUT2D eigenvalue weighted by Crippen LogP contribution is 2.26. The van der Waals surface area contributed by atoms with Crippen LogP contribution < -0.4 is 0 Å². The number of unbranched alkanes of at least 4 members (excludes halogenated alkanes) is 2. The summed E-state index contributed by atoms with van der Waals surface area (Å²) in [5.74, 6) is 0.580. The van der Waals surface area contributed by atoms with E-state index in [4.69, 9.17) is 4.74 Å². The summed E-state index contributed by atoms with van der Waals surface area (Å²) in [6, 6.07) is 0. The molecule has 0 radical (unpaired) electrons. The van der Waals surface area contributed by atoms with Crippen molar-refractivity contribution in [3.63, 3.8) is 0 Å². The van der Waals surface area contributed by atoms with Crippen LogP contribution in [0, 0.1) is 5.92 Å². The highest BCUT2D eigenvalue weighted by molar-refractivity contribution is 5.69. The van der Waals surface area contributed by atoms with Gasteiger partial charge in [0.2, 0.25) is 0 Å². The quantitative estimate of drug-likeness (QED) is 0.513. The van der Waals surface area contributed by atoms with E-state index in [0.29, 0.717) is 12.3 Å². The molecule has 15 heavy (non-hydrogen) atoms. The molecule has 1 rings (SSSR count). The third-order valence-electron chi connectivity index (χ3n) is 3.30. The minimum atomic E-state index is 0.0159. The number of ether oxygens (including phenoxy) is 1. The van der Waals surface area contributed by atoms with E-state index in [0.717, 1.165) is 25.7 Å². The van der Waals surface area contributed by atoms with E-state index in [9.17, 15) is 4.79 Å². The summed E-state index contributed by atoms with van der Waals surface area (Å²) in [5, 5.41) is 0. The lowest BCUT2D eigenvalue weighted by Crippen LogP contribution is -2.28. The monoisotopic (exact) mass is 212 g/mol. The van der Waals surface area contributed by atoms with Gasteiger partial charge in [0.25, 0.3) is 0 Å². The molecule has 0 spiro atoms. The second-order valence-corrected chi connectivity index (χ2v) is 4.75. The molecule has 88 valence electrons. The zero-order valence-electron chi connectivity index (χ0n) is 10.1. The van der Waals surface area contributed by atoms with Gasteiger partial charge in [0.1, 0.15) is 6.10 Å². The van der Waals surface area contributed by atoms with Gasteiger partial charge in [-0.1, -0.05) is 33.1 Å². The SMILES string of the molecule is CCCCCC(=O)O[C@@H]1CCCC[C@H]1C. The van der Waals surface area contributed by atoms with Gasteiger partial charge in [0, 0.05) is 6.42 Å². The Kier molecular flexibility index (Phi) is 5.74. The first-order chi connectivity index (χ1) is 7.24. The van der Waals surface area contributed by atoms with Crippen LogP contribution in [0.1, 0.15) is 65.2 Å². The maximum atomic E-state index is 11.5. The van der Waals surface area contributed by atoms with Crippen molar-refractivity contribution >= 4 is 5.97 Å². The maximum Gasteiger partial charge on any atom is 0.306 e. The first kappa shape index (κ1) is 12.5. The number of hydrogen-bond acceptors (Lipinski definition) is 2. The summed E-state index contributed by atoms with van der Waals surface area (Å²) >= 11 is 0. The third-order valence-corrected chi connectivity index (χ3v) is 3.30. The van der Waals surface area contributed by atoms with Gasteiger partial charge >= 0.3 is 5.97 Å². The Labute approximate surface area is 93.4 Å². The van der Waals surface area contributed by atoms with E-state index in [1.54, 1.807) is 0 Å². The lowest BCUT2D eigenvalue weighted by molar-refractivity contribution is -0.153. The van der Waals surface area contributed by atoms with Gasteiger partial charge in [0.15, 0.2) is 0 Å². The van der Waals surface area contributed by atoms with Crippen LogP contribution in [0.2, 0.25) is 0 Å². The molecule has 2 heteroatoms. The van der Waals surface area contributed by atoms with Crippen molar-refractivity contribution in [3.8, 4) is 0 Å². The van der Waals surface area contributed by atoms with Crippen molar-refractivity contribution in [2.45, 2.75) is 71.3 Å². The van der Waals surface area contributed by atoms with Crippen LogP contribution in [0.25, 0.3) is 0 Å². The van der Waals surface area contributed by atoms with Gasteiger partial charge in [-0.15, -0.1) is 0 Å². The van der Waals surface area contributed by atoms with E-state index < -0.39 is 0 Å². The van der Waals surface area contributed by atoms with Crippen LogP contribution in [0.15, 0.2) is 0 Å². The molecule has 1 aliphatic carbocycles. The molecule has 0 bridgehead atoms. The number of rotatable bonds is 5. The Morgan fingerprint density at radius 3 is 2.67 bits per heavy atom. The largest absolute Gasteiger partial charge is 0.462 e. The fourth-order valence-corrected chi connectivity index (χ4v) is 2.20. The molecule has 2 atom stereocenters. The zero-order valence-corrected chi connectivity index (χ0v) is 10.1. The summed E-state index contributed by atoms with van der Waals surface area (Å²) in [5.41, 5.74) is 0. The fraction of sp³-hybridized carbons (Fsp3) is 0.923. The number of esters is 1. The highest BCUT2D eigenvalue weighted by Gasteiger charge is 2.24. The van der Waals surface area contributed by atoms with Gasteiger partial charge in [-0.25, -0.2) is 0 Å². The summed E-state index contributed by atoms with van der Waals surface area (Å²) in [7, 11) is 0. The van der Waals surface area contributed by atoms with Gasteiger partial charge in [-0.05, 0) is 31.6 Å². The lowest BCUT2D eigenvalue weighted by Gasteiger charge is -2.28. The lowest BCUT2D eigenvalue weighted by atomic mass is 9.88. The molecule has 1 saturated carbocycles. The molecule has 0 aliphatic heterocycles. The van der Waals surface area contributed by atoms with Gasteiger partial charge in [0.05, 0.1) is 0 Å². The van der Waals surface area contributed by atoms with Crippen molar-refractivity contribution in [1.82, 2.24) is 0 Å². The van der Waals surface area contributed by atoms with E-state index in [1.807, 2.05) is 0 Å². The van der Waals surface area contributed by atoms with E-state index >= 15 is 0 Å². The number of carbonyl (C=O) groups is 1. The molecule has 0 saturated heterocycles. The molecular weight excluding hydrogens is 188 g/mol. The Balaban J connectivity index is 2.18. The Hall–Kier alpha value is -0.530. The van der Waals surface area contributed by atoms with Crippen molar-refractivity contribution in [3.05, 3.63) is 0 Å². The normalized spacial score (nSPS) is 26.3. The van der Waals surface area contributed by atoms with Crippen LogP contribution in [-0.4, -0.2) is 12.1 Å². The minimum Gasteiger partial charge on any atom is -0.462 e. The minimum absolute atomic E-state index is 0.0159. The topological polar surface area (TPSA) is 26.3 Å². The van der Waals surface area contributed by atoms with Crippen LogP contribution in [0.3, 0.4) is 0 Å². The first-order valence-electron chi connectivity index (χ1n) is 6.43. The van der Waals surface area contributed by atoms with Crippen LogP contribution in [0.5, 0.6) is 0 Å². The molecule has 0 unspecified atom stereocenters. The average molecular weight is 212 g/mol. The standard InChI is InChI=1S/C13H24O2/c1-3-4-5-10-13(14)15-12-9-7-6-8-11(12)2/h11-12H,3-10H2,1-2H3/t11-,12-/m1/s1. The Morgan fingerprint density at radius 1 is 1.27 bits per heavy atom. The molecule has 0 N–H and O–H groups in total. The molecule has 0 heterocycles. The molecule has 0 aromatic carbocycles. The predicted molar refractivity (Wildman–Crippen MR) is 61.7 cm³/mol. The van der Waals surface area contributed by atoms with E-state index in [2.05, 4.69) is 13.8 Å². The molecule has 1 fully saturated rings. The molecule has 2 nitrogen and oxygen atoms in total. The van der Waals surface area contributed by atoms with E-state index in [-0.39, 0.29) is 12.1 Å². The Bertz CT molecular complexity index is 189. The first-order valence-corrected chi connectivity index (χ1v) is 6.43.